The third kappa shape index (κ3) is 2.94. The summed E-state index contributed by atoms with van der Waals surface area (Å²) in [7, 11) is 0. The third-order valence-electron chi connectivity index (χ3n) is 4.69. The molecule has 0 atom stereocenters. The molecule has 0 amide bonds. The number of hydrogen-bond donors (Lipinski definition) is 0. The van der Waals surface area contributed by atoms with Gasteiger partial charge >= 0.3 is 0 Å². The number of nitrogens with zero attached hydrogens (tertiary/aromatic N) is 2. The maximum atomic E-state index is 6.59. The van der Waals surface area contributed by atoms with Crippen LogP contribution in [0.3, 0.4) is 0 Å². The van der Waals surface area contributed by atoms with Crippen LogP contribution in [0.25, 0.3) is 0 Å². The summed E-state index contributed by atoms with van der Waals surface area (Å²) in [6.45, 7) is 0. The summed E-state index contributed by atoms with van der Waals surface area (Å²) in [5.41, 5.74) is 2.27. The predicted octanol–water partition coefficient (Wildman–Crippen LogP) is 6.57. The predicted molar refractivity (Wildman–Crippen MR) is 112 cm³/mol. The van der Waals surface area contributed by atoms with E-state index in [-0.39, 0.29) is 10.3 Å². The van der Waals surface area contributed by atoms with Gasteiger partial charge in [-0.25, -0.2) is 9.07 Å². The normalized spacial score (nSPS) is 11.5. The Labute approximate surface area is 173 Å². The molecule has 1 aromatic heterocycles. The average molecular weight is 414 g/mol. The second-order valence-corrected chi connectivity index (χ2v) is 7.20. The van der Waals surface area contributed by atoms with Gasteiger partial charge in [0.05, 0.1) is 0 Å². The van der Waals surface area contributed by atoms with Crippen molar-refractivity contribution in [1.82, 2.24) is 9.07 Å². The van der Waals surface area contributed by atoms with E-state index in [4.69, 9.17) is 35.0 Å². The quantitative estimate of drug-likeness (QED) is 0.346. The van der Waals surface area contributed by atoms with E-state index in [0.717, 1.165) is 16.7 Å². The molecular weight excluding hydrogens is 399 g/mol. The molecule has 4 rings (SSSR count). The van der Waals surface area contributed by atoms with Crippen LogP contribution in [0.1, 0.15) is 22.5 Å². The Morgan fingerprint density at radius 2 is 1.00 bits per heavy atom. The van der Waals surface area contributed by atoms with Crippen LogP contribution in [0, 0.1) is 0 Å². The summed E-state index contributed by atoms with van der Waals surface area (Å²) >= 11 is 19.1. The van der Waals surface area contributed by atoms with Crippen molar-refractivity contribution in [3.63, 3.8) is 0 Å². The van der Waals surface area contributed by atoms with Crippen LogP contribution >= 0.6 is 35.0 Å². The van der Waals surface area contributed by atoms with E-state index in [0.29, 0.717) is 5.82 Å². The number of hydrogen-bond acceptors (Lipinski definition) is 1. The summed E-state index contributed by atoms with van der Waals surface area (Å²) in [5, 5.41) is 0.370. The molecule has 0 unspecified atom stereocenters. The lowest BCUT2D eigenvalue weighted by atomic mass is 9.69. The van der Waals surface area contributed by atoms with Gasteiger partial charge in [-0.2, -0.15) is 0 Å². The molecule has 3 aromatic carbocycles. The molecule has 2 nitrogen and oxygen atoms in total. The fourth-order valence-electron chi connectivity index (χ4n) is 3.54. The van der Waals surface area contributed by atoms with Crippen LogP contribution in [-0.2, 0) is 5.41 Å². The Hall–Kier alpha value is -2.26. The second-order valence-electron chi connectivity index (χ2n) is 6.15. The third-order valence-corrected chi connectivity index (χ3v) is 5.81. The van der Waals surface area contributed by atoms with Crippen molar-refractivity contribution < 1.29 is 0 Å². The minimum absolute atomic E-state index is 0.175. The first kappa shape index (κ1) is 18.1. The fraction of sp³-hybridized carbons (Fsp3) is 0.0455. The maximum Gasteiger partial charge on any atom is 0.167 e. The lowest BCUT2D eigenvalue weighted by Crippen LogP contribution is -2.33. The summed E-state index contributed by atoms with van der Waals surface area (Å²) in [4.78, 5) is 4.58. The standard InChI is InChI=1S/C22H15Cl3N2/c23-19-20(24)27(25)21(26-19)22(16-10-4-1-5-11-16,17-12-6-2-7-13-17)18-14-8-3-9-15-18/h1-15H. The Balaban J connectivity index is 2.18. The summed E-state index contributed by atoms with van der Waals surface area (Å²) in [6, 6.07) is 30.3. The topological polar surface area (TPSA) is 17.8 Å². The maximum absolute atomic E-state index is 6.59. The van der Waals surface area contributed by atoms with Crippen molar-refractivity contribution in [3.05, 3.63) is 124 Å². The monoisotopic (exact) mass is 412 g/mol. The van der Waals surface area contributed by atoms with E-state index in [1.54, 1.807) is 0 Å². The number of halogens is 3. The molecule has 5 heteroatoms. The minimum Gasteiger partial charge on any atom is -0.224 e. The van der Waals surface area contributed by atoms with Gasteiger partial charge in [0, 0.05) is 11.8 Å². The zero-order valence-electron chi connectivity index (χ0n) is 14.2. The van der Waals surface area contributed by atoms with Crippen LogP contribution < -0.4 is 0 Å². The summed E-state index contributed by atoms with van der Waals surface area (Å²) < 4.78 is 1.34. The lowest BCUT2D eigenvalue weighted by molar-refractivity contribution is 0.680. The van der Waals surface area contributed by atoms with Crippen molar-refractivity contribution in [2.45, 2.75) is 5.41 Å². The highest BCUT2D eigenvalue weighted by atomic mass is 35.5. The van der Waals surface area contributed by atoms with Crippen LogP contribution in [0.4, 0.5) is 0 Å². The molecule has 0 fully saturated rings. The molecule has 0 saturated carbocycles. The Kier molecular flexibility index (Phi) is 4.96. The highest BCUT2D eigenvalue weighted by Crippen LogP contribution is 2.46. The molecule has 0 N–H and O–H groups in total. The highest BCUT2D eigenvalue weighted by molar-refractivity contribution is 6.42. The first-order chi connectivity index (χ1) is 13.2. The first-order valence-electron chi connectivity index (χ1n) is 8.42. The Bertz CT molecular complexity index is 948. The van der Waals surface area contributed by atoms with Gasteiger partial charge in [-0.05, 0) is 16.7 Å². The zero-order valence-corrected chi connectivity index (χ0v) is 16.5. The van der Waals surface area contributed by atoms with Gasteiger partial charge in [0.2, 0.25) is 0 Å². The number of imidazole rings is 1. The fourth-order valence-corrected chi connectivity index (χ4v) is 4.11. The van der Waals surface area contributed by atoms with Gasteiger partial charge in [-0.1, -0.05) is 114 Å². The van der Waals surface area contributed by atoms with Crippen LogP contribution in [0.5, 0.6) is 0 Å². The zero-order chi connectivity index (χ0) is 18.9. The molecule has 0 bridgehead atoms. The second kappa shape index (κ2) is 7.40. The van der Waals surface area contributed by atoms with Crippen LogP contribution in [0.2, 0.25) is 10.3 Å². The summed E-state index contributed by atoms with van der Waals surface area (Å²) in [5.74, 6) is 0.544. The molecule has 0 saturated heterocycles. The van der Waals surface area contributed by atoms with Crippen molar-refractivity contribution in [3.8, 4) is 0 Å². The van der Waals surface area contributed by atoms with Crippen molar-refractivity contribution in [1.29, 1.82) is 0 Å². The molecule has 0 radical (unpaired) electrons. The molecule has 4 aromatic rings. The van der Waals surface area contributed by atoms with E-state index in [9.17, 15) is 0 Å². The van der Waals surface area contributed by atoms with Gasteiger partial charge in [-0.3, -0.25) is 0 Å². The van der Waals surface area contributed by atoms with E-state index >= 15 is 0 Å². The molecule has 0 spiro atoms. The molecule has 1 heterocycles. The lowest BCUT2D eigenvalue weighted by Gasteiger charge is -2.34. The Morgan fingerprint density at radius 3 is 1.30 bits per heavy atom. The molecule has 0 aliphatic heterocycles. The van der Waals surface area contributed by atoms with Gasteiger partial charge in [0.15, 0.2) is 10.3 Å². The van der Waals surface area contributed by atoms with E-state index in [1.165, 1.54) is 4.09 Å². The van der Waals surface area contributed by atoms with Crippen LogP contribution in [0.15, 0.2) is 91.0 Å². The largest absolute Gasteiger partial charge is 0.224 e. The first-order valence-corrected chi connectivity index (χ1v) is 9.52. The van der Waals surface area contributed by atoms with Crippen molar-refractivity contribution in [2.24, 2.45) is 0 Å². The molecule has 27 heavy (non-hydrogen) atoms. The molecular formula is C22H15Cl3N2. The van der Waals surface area contributed by atoms with Crippen LogP contribution in [-0.4, -0.2) is 9.07 Å². The smallest absolute Gasteiger partial charge is 0.167 e. The van der Waals surface area contributed by atoms with E-state index in [1.807, 2.05) is 54.6 Å². The van der Waals surface area contributed by atoms with Crippen molar-refractivity contribution in [2.75, 3.05) is 0 Å². The average Bonchev–Trinajstić information content (AvgIpc) is 2.99. The molecule has 134 valence electrons. The summed E-state index contributed by atoms with van der Waals surface area (Å²) in [6.07, 6.45) is 0. The van der Waals surface area contributed by atoms with Crippen molar-refractivity contribution >= 4 is 35.0 Å². The SMILES string of the molecule is Clc1nc(C(c2ccccc2)(c2ccccc2)c2ccccc2)n(Cl)c1Cl. The number of aromatic nitrogens is 2. The van der Waals surface area contributed by atoms with Gasteiger partial charge in [0.25, 0.3) is 0 Å². The van der Waals surface area contributed by atoms with Gasteiger partial charge < -0.3 is 0 Å². The van der Waals surface area contributed by atoms with Gasteiger partial charge in [0.1, 0.15) is 11.2 Å². The Morgan fingerprint density at radius 1 is 0.630 bits per heavy atom. The van der Waals surface area contributed by atoms with E-state index < -0.39 is 5.41 Å². The number of rotatable bonds is 4. The highest BCUT2D eigenvalue weighted by Gasteiger charge is 2.43. The molecule has 0 aliphatic carbocycles. The number of benzene rings is 3. The minimum atomic E-state index is -0.775. The van der Waals surface area contributed by atoms with E-state index in [2.05, 4.69) is 41.4 Å². The molecule has 0 aliphatic rings. The van der Waals surface area contributed by atoms with Gasteiger partial charge in [-0.15, -0.1) is 0 Å².